The molecular formula is C16H22N4O4. The van der Waals surface area contributed by atoms with Crippen LogP contribution in [-0.4, -0.2) is 69.6 Å². The zero-order valence-corrected chi connectivity index (χ0v) is 13.9. The number of nitrogens with zero attached hydrogens (tertiary/aromatic N) is 3. The summed E-state index contributed by atoms with van der Waals surface area (Å²) in [4.78, 5) is 35.2. The molecule has 1 aliphatic rings. The minimum Gasteiger partial charge on any atom is -0.442 e. The van der Waals surface area contributed by atoms with Gasteiger partial charge in [0.1, 0.15) is 11.1 Å². The lowest BCUT2D eigenvalue weighted by molar-refractivity contribution is 0.0524. The van der Waals surface area contributed by atoms with E-state index < -0.39 is 0 Å². The van der Waals surface area contributed by atoms with Gasteiger partial charge in [0, 0.05) is 32.7 Å². The number of aromatic amines is 1. The van der Waals surface area contributed by atoms with Crippen LogP contribution >= 0.6 is 0 Å². The fourth-order valence-corrected chi connectivity index (χ4v) is 3.03. The molecule has 0 spiro atoms. The molecule has 2 aromatic rings. The van der Waals surface area contributed by atoms with Crippen LogP contribution in [0.1, 0.15) is 29.5 Å². The Kier molecular flexibility index (Phi) is 4.68. The maximum atomic E-state index is 12.9. The highest BCUT2D eigenvalue weighted by Crippen LogP contribution is 2.22. The molecular weight excluding hydrogens is 312 g/mol. The molecule has 0 bridgehead atoms. The summed E-state index contributed by atoms with van der Waals surface area (Å²) in [5.74, 6) is 0.198. The molecule has 2 aromatic heterocycles. The summed E-state index contributed by atoms with van der Waals surface area (Å²) >= 11 is 0. The highest BCUT2D eigenvalue weighted by atomic mass is 16.3. The van der Waals surface area contributed by atoms with E-state index in [1.807, 2.05) is 6.92 Å². The number of piperazine rings is 1. The summed E-state index contributed by atoms with van der Waals surface area (Å²) in [5, 5.41) is 9.95. The first-order valence-electron chi connectivity index (χ1n) is 8.17. The number of aryl methyl sites for hydroxylation is 1. The third-order valence-corrected chi connectivity index (χ3v) is 4.48. The van der Waals surface area contributed by atoms with Crippen LogP contribution in [0, 0.1) is 6.92 Å². The molecule has 3 heterocycles. The number of carbonyl (C=O) groups excluding carboxylic acids is 1. The van der Waals surface area contributed by atoms with Crippen LogP contribution in [0.25, 0.3) is 11.1 Å². The van der Waals surface area contributed by atoms with Crippen molar-refractivity contribution in [2.75, 3.05) is 32.7 Å². The molecule has 2 N–H and O–H groups in total. The molecule has 0 aliphatic carbocycles. The summed E-state index contributed by atoms with van der Waals surface area (Å²) in [6.07, 6.45) is 1.64. The normalized spacial score (nSPS) is 17.4. The number of carbonyl (C=O) groups is 1. The van der Waals surface area contributed by atoms with Crippen molar-refractivity contribution in [2.24, 2.45) is 0 Å². The number of fused-ring (bicyclic) bond motifs is 1. The number of hydrogen-bond donors (Lipinski definition) is 2. The molecule has 1 atom stereocenters. The number of nitrogens with one attached hydrogen (secondary N) is 1. The van der Waals surface area contributed by atoms with Crippen molar-refractivity contribution in [1.82, 2.24) is 19.8 Å². The smallest absolute Gasteiger partial charge is 0.262 e. The number of hydrogen-bond acceptors (Lipinski definition) is 6. The van der Waals surface area contributed by atoms with Crippen molar-refractivity contribution < 1.29 is 14.3 Å². The van der Waals surface area contributed by atoms with E-state index in [9.17, 15) is 14.7 Å². The number of furan rings is 1. The van der Waals surface area contributed by atoms with E-state index in [4.69, 9.17) is 4.42 Å². The molecule has 8 nitrogen and oxygen atoms in total. The second kappa shape index (κ2) is 6.74. The zero-order chi connectivity index (χ0) is 17.3. The summed E-state index contributed by atoms with van der Waals surface area (Å²) < 4.78 is 5.46. The third kappa shape index (κ3) is 3.07. The average Bonchev–Trinajstić information content (AvgIpc) is 2.92. The van der Waals surface area contributed by atoms with Gasteiger partial charge in [-0.2, -0.15) is 0 Å². The van der Waals surface area contributed by atoms with Gasteiger partial charge in [-0.25, -0.2) is 4.98 Å². The van der Waals surface area contributed by atoms with Crippen molar-refractivity contribution in [3.8, 4) is 0 Å². The standard InChI is InChI=1S/C16H22N4O4/c1-3-11(21)8-19-4-6-20(7-5-19)16(23)12-10(2)24-15-13(12)14(22)17-9-18-15/h9,11,21H,3-8H2,1-2H3,(H,17,18,22). The fourth-order valence-electron chi connectivity index (χ4n) is 3.03. The molecule has 130 valence electrons. The monoisotopic (exact) mass is 334 g/mol. The van der Waals surface area contributed by atoms with E-state index >= 15 is 0 Å². The predicted molar refractivity (Wildman–Crippen MR) is 88.0 cm³/mol. The number of aliphatic hydroxyl groups excluding tert-OH is 1. The highest BCUT2D eigenvalue weighted by Gasteiger charge is 2.28. The van der Waals surface area contributed by atoms with Gasteiger partial charge in [0.25, 0.3) is 11.5 Å². The number of aliphatic hydroxyl groups is 1. The largest absolute Gasteiger partial charge is 0.442 e. The van der Waals surface area contributed by atoms with Gasteiger partial charge in [-0.15, -0.1) is 0 Å². The lowest BCUT2D eigenvalue weighted by Crippen LogP contribution is -2.50. The van der Waals surface area contributed by atoms with E-state index in [0.29, 0.717) is 44.0 Å². The maximum Gasteiger partial charge on any atom is 0.262 e. The molecule has 0 saturated carbocycles. The number of amides is 1. The van der Waals surface area contributed by atoms with Gasteiger partial charge in [-0.05, 0) is 13.3 Å². The molecule has 24 heavy (non-hydrogen) atoms. The third-order valence-electron chi connectivity index (χ3n) is 4.48. The minimum absolute atomic E-state index is 0.185. The maximum absolute atomic E-state index is 12.9. The minimum atomic E-state index is -0.370. The van der Waals surface area contributed by atoms with Crippen molar-refractivity contribution in [3.05, 3.63) is 28.0 Å². The Hall–Kier alpha value is -2.19. The SMILES string of the molecule is CCC(O)CN1CCN(C(=O)c2c(C)oc3nc[nH]c(=O)c23)CC1. The second-order valence-electron chi connectivity index (χ2n) is 6.10. The van der Waals surface area contributed by atoms with Crippen molar-refractivity contribution in [2.45, 2.75) is 26.4 Å². The van der Waals surface area contributed by atoms with Crippen LogP contribution in [0.15, 0.2) is 15.5 Å². The van der Waals surface area contributed by atoms with E-state index in [-0.39, 0.29) is 28.7 Å². The van der Waals surface area contributed by atoms with Gasteiger partial charge < -0.3 is 19.4 Å². The lowest BCUT2D eigenvalue weighted by Gasteiger charge is -2.35. The number of aromatic nitrogens is 2. The van der Waals surface area contributed by atoms with E-state index in [2.05, 4.69) is 14.9 Å². The summed E-state index contributed by atoms with van der Waals surface area (Å²) in [5.41, 5.74) is 0.107. The molecule has 3 rings (SSSR count). The Morgan fingerprint density at radius 3 is 2.79 bits per heavy atom. The van der Waals surface area contributed by atoms with Crippen LogP contribution in [0.2, 0.25) is 0 Å². The zero-order valence-electron chi connectivity index (χ0n) is 13.9. The summed E-state index contributed by atoms with van der Waals surface area (Å²) in [6.45, 7) is 6.75. The Labute approximate surface area is 139 Å². The number of H-pyrrole nitrogens is 1. The second-order valence-corrected chi connectivity index (χ2v) is 6.10. The highest BCUT2D eigenvalue weighted by molar-refractivity contribution is 6.06. The van der Waals surface area contributed by atoms with Gasteiger partial charge in [0.15, 0.2) is 0 Å². The Morgan fingerprint density at radius 2 is 2.12 bits per heavy atom. The molecule has 1 unspecified atom stereocenters. The number of rotatable bonds is 4. The quantitative estimate of drug-likeness (QED) is 0.836. The van der Waals surface area contributed by atoms with Gasteiger partial charge in [0.05, 0.1) is 18.0 Å². The fraction of sp³-hybridized carbons (Fsp3) is 0.562. The van der Waals surface area contributed by atoms with Crippen LogP contribution in [0.5, 0.6) is 0 Å². The summed E-state index contributed by atoms with van der Waals surface area (Å²) in [7, 11) is 0. The molecule has 1 saturated heterocycles. The van der Waals surface area contributed by atoms with Crippen LogP contribution in [0.4, 0.5) is 0 Å². The Morgan fingerprint density at radius 1 is 1.42 bits per heavy atom. The van der Waals surface area contributed by atoms with Gasteiger partial charge in [-0.1, -0.05) is 6.92 Å². The molecule has 1 amide bonds. The first-order valence-corrected chi connectivity index (χ1v) is 8.17. The van der Waals surface area contributed by atoms with Crippen LogP contribution in [-0.2, 0) is 0 Å². The van der Waals surface area contributed by atoms with Crippen LogP contribution < -0.4 is 5.56 Å². The van der Waals surface area contributed by atoms with Crippen molar-refractivity contribution in [3.63, 3.8) is 0 Å². The predicted octanol–water partition coefficient (Wildman–Crippen LogP) is 0.353. The van der Waals surface area contributed by atoms with Gasteiger partial charge >= 0.3 is 0 Å². The first kappa shape index (κ1) is 16.7. The summed E-state index contributed by atoms with van der Waals surface area (Å²) in [6, 6.07) is 0. The lowest BCUT2D eigenvalue weighted by atomic mass is 10.1. The first-order chi connectivity index (χ1) is 11.5. The Balaban J connectivity index is 1.77. The van der Waals surface area contributed by atoms with E-state index in [0.717, 1.165) is 6.42 Å². The average molecular weight is 334 g/mol. The van der Waals surface area contributed by atoms with E-state index in [1.54, 1.807) is 11.8 Å². The van der Waals surface area contributed by atoms with Gasteiger partial charge in [-0.3, -0.25) is 14.5 Å². The van der Waals surface area contributed by atoms with E-state index in [1.165, 1.54) is 6.33 Å². The van der Waals surface area contributed by atoms with Crippen LogP contribution in [0.3, 0.4) is 0 Å². The van der Waals surface area contributed by atoms with Gasteiger partial charge in [0.2, 0.25) is 5.71 Å². The Bertz CT molecular complexity index is 789. The molecule has 0 radical (unpaired) electrons. The topological polar surface area (TPSA) is 103 Å². The molecule has 1 fully saturated rings. The number of β-amino-alcohol motifs (C(OH)–C–C–N with tert-alkyl or cyclic N) is 1. The molecule has 1 aliphatic heterocycles. The molecule has 0 aromatic carbocycles. The molecule has 8 heteroatoms. The van der Waals surface area contributed by atoms with Crippen molar-refractivity contribution in [1.29, 1.82) is 0 Å². The van der Waals surface area contributed by atoms with Crippen molar-refractivity contribution >= 4 is 17.0 Å².